The lowest BCUT2D eigenvalue weighted by atomic mass is 10.1. The fraction of sp³-hybridized carbons (Fsp3) is 0.407. The highest BCUT2D eigenvalue weighted by Gasteiger charge is 2.37. The monoisotopic (exact) mass is 871 g/mol. The summed E-state index contributed by atoms with van der Waals surface area (Å²) in [5.74, 6) is -1.88. The molecule has 26 heteroatoms. The number of hydrogen-bond donors (Lipinski definition) is 5. The number of alkyl halides is 2. The number of nitrogens with zero attached hydrogens (tertiary/aromatic N) is 4. The molecule has 2 aromatic carbocycles. The van der Waals surface area contributed by atoms with E-state index in [-0.39, 0.29) is 31.8 Å². The maximum absolute atomic E-state index is 12.8. The van der Waals surface area contributed by atoms with Gasteiger partial charge in [-0.3, -0.25) is 24.4 Å². The summed E-state index contributed by atoms with van der Waals surface area (Å²) in [4.78, 5) is 51.8. The molecule has 1 amide bonds. The van der Waals surface area contributed by atoms with Crippen LogP contribution in [-0.4, -0.2) is 101 Å². The van der Waals surface area contributed by atoms with Crippen molar-refractivity contribution in [2.24, 2.45) is 0 Å². The Morgan fingerprint density at radius 3 is 2.13 bits per heavy atom. The van der Waals surface area contributed by atoms with Gasteiger partial charge in [-0.1, -0.05) is 35.3 Å². The normalized spacial score (nSPS) is 14.4. The van der Waals surface area contributed by atoms with Crippen molar-refractivity contribution < 1.29 is 54.7 Å². The third-order valence-corrected chi connectivity index (χ3v) is 9.06. The van der Waals surface area contributed by atoms with Crippen molar-refractivity contribution in [3.63, 3.8) is 0 Å². The third-order valence-electron chi connectivity index (χ3n) is 5.65. The van der Waals surface area contributed by atoms with E-state index in [0.29, 0.717) is 26.8 Å². The van der Waals surface area contributed by atoms with E-state index in [1.807, 2.05) is 5.32 Å². The molecule has 5 N–H and O–H groups in total. The summed E-state index contributed by atoms with van der Waals surface area (Å²) in [6, 6.07) is 8.47. The van der Waals surface area contributed by atoms with E-state index in [2.05, 4.69) is 33.3 Å². The molecule has 1 aliphatic heterocycles. The maximum atomic E-state index is 12.8. The number of carbonyl (C=O) groups is 2. The Morgan fingerprint density at radius 2 is 1.68 bits per heavy atom. The van der Waals surface area contributed by atoms with Gasteiger partial charge in [0.05, 0.1) is 70.5 Å². The van der Waals surface area contributed by atoms with Crippen molar-refractivity contribution in [3.05, 3.63) is 68.3 Å². The fourth-order valence-corrected chi connectivity index (χ4v) is 6.78. The van der Waals surface area contributed by atoms with Crippen molar-refractivity contribution in [1.82, 2.24) is 24.0 Å². The number of amides is 1. The first-order valence-electron chi connectivity index (χ1n) is 14.4. The Kier molecular flexibility index (Phi) is 17.9. The Morgan fingerprint density at radius 1 is 1.13 bits per heavy atom. The zero-order chi connectivity index (χ0) is 41.2. The van der Waals surface area contributed by atoms with Crippen molar-refractivity contribution in [3.8, 4) is 5.69 Å². The number of hydrogen-bond acceptors (Lipinski definition) is 11. The number of aliphatic carboxylic acids is 1. The molecule has 0 fully saturated rings. The summed E-state index contributed by atoms with van der Waals surface area (Å²) < 4.78 is 88.0. The Bertz CT molecular complexity index is 2090. The molecule has 1 aromatic heterocycles. The van der Waals surface area contributed by atoms with Gasteiger partial charge in [-0.2, -0.15) is 21.9 Å². The van der Waals surface area contributed by atoms with Crippen LogP contribution in [0.15, 0.2) is 41.2 Å². The van der Waals surface area contributed by atoms with Gasteiger partial charge < -0.3 is 19.5 Å². The molecule has 0 aliphatic carbocycles. The van der Waals surface area contributed by atoms with Crippen LogP contribution in [0.3, 0.4) is 0 Å². The zero-order valence-corrected chi connectivity index (χ0v) is 33.9. The number of rotatable bonds is 9. The van der Waals surface area contributed by atoms with E-state index >= 15 is 0 Å². The van der Waals surface area contributed by atoms with Crippen LogP contribution in [0.4, 0.5) is 20.2 Å². The van der Waals surface area contributed by atoms with E-state index < -0.39 is 70.8 Å². The van der Waals surface area contributed by atoms with Gasteiger partial charge in [0.1, 0.15) is 13.4 Å². The number of para-hydroxylation sites is 1. The lowest BCUT2D eigenvalue weighted by molar-refractivity contribution is -0.193. The molecule has 0 bridgehead atoms. The molecule has 1 unspecified atom stereocenters. The number of fused-ring (bicyclic) bond motifs is 1. The molecule has 4 rings (SSSR count). The van der Waals surface area contributed by atoms with E-state index in [4.69, 9.17) is 33.2 Å². The molecule has 298 valence electrons. The standard InChI is InChI=1S/C11H10Cl2F2N4O3S.C10H12N2O3S.C3H8NO5P.C3H9S/c1-5-16-19(11(20)18(5)10(14)15)9-4-8(17-23(2,21)22)6(12)3-7(9)13;1-7(2)12-10(13)8-5-3-4-6-9(8)11-16(12,14)15;5-3(6)1-4-2-10(7,8)9;1-4(2)3/h3-4,10,17H,1-2H3;3-7,11H,1-2H3;4H,1-2H2,(H,5,6)(H2,7,8,9);1-3H3/q;;;+1/p-1. The average molecular weight is 873 g/mol. The number of halogens is 4. The van der Waals surface area contributed by atoms with Gasteiger partial charge in [0.15, 0.2) is 0 Å². The minimum absolute atomic E-state index is 0.0257. The van der Waals surface area contributed by atoms with Crippen molar-refractivity contribution in [1.29, 1.82) is 0 Å². The third kappa shape index (κ3) is 15.5. The molecule has 0 spiro atoms. The molecule has 2 heterocycles. The quantitative estimate of drug-likeness (QED) is 0.153. The maximum Gasteiger partial charge on any atom is 0.355 e. The lowest BCUT2D eigenvalue weighted by Crippen LogP contribution is -2.48. The number of nitrogens with one attached hydrogen (secondary N) is 3. The highest BCUT2D eigenvalue weighted by atomic mass is 35.5. The molecule has 0 saturated heterocycles. The van der Waals surface area contributed by atoms with Gasteiger partial charge in [0.2, 0.25) is 10.0 Å². The second-order valence-corrected chi connectivity index (χ2v) is 19.4. The average Bonchev–Trinajstić information content (AvgIpc) is 3.26. The van der Waals surface area contributed by atoms with Crippen LogP contribution in [0.2, 0.25) is 10.0 Å². The smallest absolute Gasteiger partial charge is 0.355 e. The SMILES string of the molecule is CC(C)N1C(=O)c2ccccc2NS1(=O)=O.C[S+](C)C.Cc1nn(-c2cc(NS(C)(=O)=O)c(Cl)cc2Cl)c(=O)n1C(F)F.O=C(O)CNCP(=O)([O-])O. The van der Waals surface area contributed by atoms with Gasteiger partial charge in [0.25, 0.3) is 5.91 Å². The van der Waals surface area contributed by atoms with E-state index in [1.165, 1.54) is 13.0 Å². The largest absolute Gasteiger partial charge is 0.778 e. The van der Waals surface area contributed by atoms with E-state index in [0.717, 1.165) is 16.6 Å². The number of anilines is 2. The Hall–Kier alpha value is -3.28. The van der Waals surface area contributed by atoms with Crippen LogP contribution in [0.5, 0.6) is 0 Å². The number of benzene rings is 2. The first kappa shape index (κ1) is 47.7. The van der Waals surface area contributed by atoms with Crippen molar-refractivity contribution in [2.45, 2.75) is 33.4 Å². The second kappa shape index (κ2) is 19.9. The zero-order valence-electron chi connectivity index (χ0n) is 29.1. The van der Waals surface area contributed by atoms with Crippen LogP contribution >= 0.6 is 30.8 Å². The number of aryl methyl sites for hydroxylation is 1. The number of aromatic nitrogens is 3. The summed E-state index contributed by atoms with van der Waals surface area (Å²) >= 11 is 11.8. The van der Waals surface area contributed by atoms with E-state index in [1.54, 1.807) is 38.1 Å². The molecular formula is C27H38Cl2F2N7O11PS3. The molecular weight excluding hydrogens is 834 g/mol. The van der Waals surface area contributed by atoms with Crippen LogP contribution in [0.25, 0.3) is 5.69 Å². The fourth-order valence-electron chi connectivity index (χ4n) is 3.83. The summed E-state index contributed by atoms with van der Waals surface area (Å²) in [5.41, 5.74) is -0.554. The minimum Gasteiger partial charge on any atom is -0.778 e. The van der Waals surface area contributed by atoms with Gasteiger partial charge in [-0.05, 0) is 55.9 Å². The summed E-state index contributed by atoms with van der Waals surface area (Å²) in [6.07, 6.45) is 6.78. The molecule has 0 radical (unpaired) electrons. The van der Waals surface area contributed by atoms with Crippen LogP contribution in [0.1, 0.15) is 36.6 Å². The van der Waals surface area contributed by atoms with Crippen LogP contribution < -0.4 is 25.3 Å². The first-order chi connectivity index (χ1) is 24.1. The van der Waals surface area contributed by atoms with Crippen molar-refractivity contribution in [2.75, 3.05) is 47.3 Å². The molecule has 0 saturated carbocycles. The lowest BCUT2D eigenvalue weighted by Gasteiger charge is -2.31. The number of carbonyl (C=O) groups excluding carboxylic acids is 1. The summed E-state index contributed by atoms with van der Waals surface area (Å²) in [5, 5.41) is 13.6. The highest BCUT2D eigenvalue weighted by molar-refractivity contribution is 7.94. The van der Waals surface area contributed by atoms with Gasteiger partial charge in [-0.15, -0.1) is 5.10 Å². The Labute approximate surface area is 317 Å². The summed E-state index contributed by atoms with van der Waals surface area (Å²) in [7, 11) is -11.1. The van der Waals surface area contributed by atoms with E-state index in [9.17, 15) is 49.5 Å². The van der Waals surface area contributed by atoms with Crippen LogP contribution in [0, 0.1) is 6.92 Å². The number of carboxylic acid groups (broad SMARTS) is 1. The highest BCUT2D eigenvalue weighted by Crippen LogP contribution is 2.32. The van der Waals surface area contributed by atoms with Gasteiger partial charge in [0, 0.05) is 6.04 Å². The van der Waals surface area contributed by atoms with Crippen molar-refractivity contribution >= 4 is 85.2 Å². The van der Waals surface area contributed by atoms with Gasteiger partial charge in [-0.25, -0.2) is 22.1 Å². The van der Waals surface area contributed by atoms with Crippen LogP contribution in [-0.2, 0) is 40.5 Å². The minimum atomic E-state index is -4.35. The number of sulfonamides is 1. The predicted octanol–water partition coefficient (Wildman–Crippen LogP) is 2.28. The molecule has 1 atom stereocenters. The van der Waals surface area contributed by atoms with Gasteiger partial charge >= 0.3 is 28.4 Å². The second-order valence-electron chi connectivity index (χ2n) is 11.2. The first-order valence-corrected chi connectivity index (χ1v) is 22.7. The molecule has 1 aliphatic rings. The predicted molar refractivity (Wildman–Crippen MR) is 198 cm³/mol. The Balaban J connectivity index is 0.000000405. The number of carboxylic acids is 1. The molecule has 3 aromatic rings. The molecule has 53 heavy (non-hydrogen) atoms. The topological polar surface area (TPSA) is 262 Å². The summed E-state index contributed by atoms with van der Waals surface area (Å²) in [6.45, 7) is 0.989. The molecule has 18 nitrogen and oxygen atoms in total.